The second-order valence-corrected chi connectivity index (χ2v) is 5.43. The monoisotopic (exact) mass is 236 g/mol. The van der Waals surface area contributed by atoms with Crippen LogP contribution in [-0.2, 0) is 0 Å². The Labute approximate surface area is 109 Å². The molecule has 0 aliphatic heterocycles. The fraction of sp³-hybridized carbons (Fsp3) is 0.765. The lowest BCUT2D eigenvalue weighted by Gasteiger charge is -2.24. The van der Waals surface area contributed by atoms with Crippen molar-refractivity contribution in [1.82, 2.24) is 0 Å². The molecule has 0 rings (SSSR count). The molecule has 0 saturated heterocycles. The average Bonchev–Trinajstić information content (AvgIpc) is 2.37. The summed E-state index contributed by atoms with van der Waals surface area (Å²) in [5, 5.41) is 0. The summed E-state index contributed by atoms with van der Waals surface area (Å²) in [6.45, 7) is 15.5. The maximum Gasteiger partial charge on any atom is -0.0205 e. The van der Waals surface area contributed by atoms with Crippen molar-refractivity contribution in [3.05, 3.63) is 24.3 Å². The van der Waals surface area contributed by atoms with E-state index in [1.165, 1.54) is 37.7 Å². The highest BCUT2D eigenvalue weighted by atomic mass is 14.2. The maximum absolute atomic E-state index is 4.03. The number of allylic oxidation sites excluding steroid dienone is 3. The minimum atomic E-state index is 0.681. The van der Waals surface area contributed by atoms with Crippen molar-refractivity contribution in [3.8, 4) is 0 Å². The minimum Gasteiger partial charge on any atom is -0.103 e. The molecule has 0 amide bonds. The molecule has 0 saturated carbocycles. The van der Waals surface area contributed by atoms with Crippen LogP contribution in [0.3, 0.4) is 0 Å². The summed E-state index contributed by atoms with van der Waals surface area (Å²) in [6, 6.07) is 0. The molecule has 17 heavy (non-hydrogen) atoms. The van der Waals surface area contributed by atoms with Gasteiger partial charge in [0.05, 0.1) is 0 Å². The van der Waals surface area contributed by atoms with Crippen molar-refractivity contribution in [3.63, 3.8) is 0 Å². The van der Waals surface area contributed by atoms with Crippen LogP contribution >= 0.6 is 0 Å². The second-order valence-electron chi connectivity index (χ2n) is 5.43. The highest BCUT2D eigenvalue weighted by molar-refractivity contribution is 4.98. The van der Waals surface area contributed by atoms with E-state index >= 15 is 0 Å². The normalized spacial score (nSPS) is 16.0. The molecule has 0 bridgehead atoms. The lowest BCUT2D eigenvalue weighted by molar-refractivity contribution is 0.322. The van der Waals surface area contributed by atoms with Gasteiger partial charge in [-0.25, -0.2) is 0 Å². The number of rotatable bonds is 9. The summed E-state index contributed by atoms with van der Waals surface area (Å²) in [6.07, 6.45) is 10.9. The van der Waals surface area contributed by atoms with Crippen LogP contribution in [-0.4, -0.2) is 0 Å². The van der Waals surface area contributed by atoms with Gasteiger partial charge in [-0.15, -0.1) is 6.58 Å². The molecule has 2 unspecified atom stereocenters. The average molecular weight is 236 g/mol. The molecule has 2 atom stereocenters. The van der Waals surface area contributed by atoms with E-state index in [9.17, 15) is 0 Å². The maximum atomic E-state index is 4.03. The molecule has 0 N–H and O–H groups in total. The predicted octanol–water partition coefficient (Wildman–Crippen LogP) is 6.00. The van der Waals surface area contributed by atoms with Gasteiger partial charge in [-0.3, -0.25) is 0 Å². The Morgan fingerprint density at radius 2 is 1.76 bits per heavy atom. The van der Waals surface area contributed by atoms with Crippen molar-refractivity contribution in [2.45, 2.75) is 66.7 Å². The predicted molar refractivity (Wildman–Crippen MR) is 80.2 cm³/mol. The highest BCUT2D eigenvalue weighted by Crippen LogP contribution is 2.28. The molecule has 0 aliphatic carbocycles. The van der Waals surface area contributed by atoms with Gasteiger partial charge >= 0.3 is 0 Å². The molecule has 0 aromatic carbocycles. The summed E-state index contributed by atoms with van der Waals surface area (Å²) in [5.41, 5.74) is 1.52. The third kappa shape index (κ3) is 6.71. The van der Waals surface area contributed by atoms with E-state index in [2.05, 4.69) is 53.3 Å². The number of hydrogen-bond acceptors (Lipinski definition) is 0. The summed E-state index contributed by atoms with van der Waals surface area (Å²) in [5.74, 6) is 2.28. The van der Waals surface area contributed by atoms with E-state index in [4.69, 9.17) is 0 Å². The van der Waals surface area contributed by atoms with Crippen molar-refractivity contribution in [1.29, 1.82) is 0 Å². The largest absolute Gasteiger partial charge is 0.103 e. The molecule has 0 fully saturated rings. The first kappa shape index (κ1) is 16.5. The van der Waals surface area contributed by atoms with E-state index in [0.29, 0.717) is 5.92 Å². The molecule has 100 valence electrons. The van der Waals surface area contributed by atoms with Crippen molar-refractivity contribution in [2.75, 3.05) is 0 Å². The van der Waals surface area contributed by atoms with Crippen LogP contribution < -0.4 is 0 Å². The fourth-order valence-electron chi connectivity index (χ4n) is 2.27. The van der Waals surface area contributed by atoms with E-state index < -0.39 is 0 Å². The quantitative estimate of drug-likeness (QED) is 0.431. The van der Waals surface area contributed by atoms with Gasteiger partial charge in [0.15, 0.2) is 0 Å². The van der Waals surface area contributed by atoms with Crippen molar-refractivity contribution in [2.24, 2.45) is 17.8 Å². The molecular formula is C17H32. The van der Waals surface area contributed by atoms with E-state index in [0.717, 1.165) is 11.8 Å². The summed E-state index contributed by atoms with van der Waals surface area (Å²) in [4.78, 5) is 0. The standard InChI is InChI=1S/C17H32/c1-7-14(5)11-12-15(6)17(10-4)13-16(8-2)9-3/h10-11,15-17H,4,7-9,12-13H2,1-3,5-6H3/b14-11-. The lowest BCUT2D eigenvalue weighted by atomic mass is 9.82. The van der Waals surface area contributed by atoms with E-state index in [1.54, 1.807) is 0 Å². The Balaban J connectivity index is 4.29. The SMILES string of the molecule is C=CC(CC(CC)CC)C(C)C/C=C(/C)CC. The Morgan fingerprint density at radius 3 is 2.18 bits per heavy atom. The first-order valence-electron chi connectivity index (χ1n) is 7.37. The second kappa shape index (κ2) is 9.50. The minimum absolute atomic E-state index is 0.681. The van der Waals surface area contributed by atoms with Crippen LogP contribution in [0.2, 0.25) is 0 Å². The summed E-state index contributed by atoms with van der Waals surface area (Å²) >= 11 is 0. The van der Waals surface area contributed by atoms with Gasteiger partial charge in [0.2, 0.25) is 0 Å². The Morgan fingerprint density at radius 1 is 1.18 bits per heavy atom. The van der Waals surface area contributed by atoms with Crippen LogP contribution in [0.1, 0.15) is 66.7 Å². The van der Waals surface area contributed by atoms with Crippen LogP contribution in [0.4, 0.5) is 0 Å². The zero-order valence-electron chi connectivity index (χ0n) is 12.6. The first-order chi connectivity index (χ1) is 8.08. The molecule has 0 radical (unpaired) electrons. The summed E-state index contributed by atoms with van der Waals surface area (Å²) in [7, 11) is 0. The molecule has 0 heterocycles. The molecule has 0 aromatic rings. The smallest absolute Gasteiger partial charge is 0.0205 e. The van der Waals surface area contributed by atoms with Gasteiger partial charge in [-0.2, -0.15) is 0 Å². The first-order valence-corrected chi connectivity index (χ1v) is 7.37. The Bertz CT molecular complexity index is 220. The molecule has 0 heteroatoms. The van der Waals surface area contributed by atoms with Crippen molar-refractivity contribution < 1.29 is 0 Å². The molecular weight excluding hydrogens is 204 g/mol. The van der Waals surface area contributed by atoms with Gasteiger partial charge in [0, 0.05) is 0 Å². The topological polar surface area (TPSA) is 0 Å². The third-order valence-electron chi connectivity index (χ3n) is 4.19. The van der Waals surface area contributed by atoms with Crippen LogP contribution in [0.15, 0.2) is 24.3 Å². The van der Waals surface area contributed by atoms with Gasteiger partial charge in [-0.05, 0) is 43.9 Å². The lowest BCUT2D eigenvalue weighted by Crippen LogP contribution is -2.13. The van der Waals surface area contributed by atoms with E-state index in [-0.39, 0.29) is 0 Å². The van der Waals surface area contributed by atoms with Crippen LogP contribution in [0.5, 0.6) is 0 Å². The molecule has 0 spiro atoms. The Kier molecular flexibility index (Phi) is 9.21. The summed E-state index contributed by atoms with van der Waals surface area (Å²) < 4.78 is 0. The van der Waals surface area contributed by atoms with Crippen LogP contribution in [0, 0.1) is 17.8 Å². The van der Waals surface area contributed by atoms with Gasteiger partial charge in [0.25, 0.3) is 0 Å². The molecule has 0 aliphatic rings. The van der Waals surface area contributed by atoms with Gasteiger partial charge in [0.1, 0.15) is 0 Å². The molecule has 0 nitrogen and oxygen atoms in total. The third-order valence-corrected chi connectivity index (χ3v) is 4.19. The highest BCUT2D eigenvalue weighted by Gasteiger charge is 2.16. The van der Waals surface area contributed by atoms with E-state index in [1.807, 2.05) is 0 Å². The zero-order valence-corrected chi connectivity index (χ0v) is 12.6. The fourth-order valence-corrected chi connectivity index (χ4v) is 2.27. The van der Waals surface area contributed by atoms with Crippen LogP contribution in [0.25, 0.3) is 0 Å². The zero-order chi connectivity index (χ0) is 13.3. The molecule has 0 aromatic heterocycles. The number of hydrogen-bond donors (Lipinski definition) is 0. The van der Waals surface area contributed by atoms with Crippen molar-refractivity contribution >= 4 is 0 Å². The Hall–Kier alpha value is -0.520. The van der Waals surface area contributed by atoms with Gasteiger partial charge in [-0.1, -0.05) is 58.3 Å². The van der Waals surface area contributed by atoms with Gasteiger partial charge < -0.3 is 0 Å².